The van der Waals surface area contributed by atoms with Gasteiger partial charge in [0.2, 0.25) is 0 Å². The van der Waals surface area contributed by atoms with Gasteiger partial charge in [-0.1, -0.05) is 29.8 Å². The molecule has 2 aliphatic rings. The van der Waals surface area contributed by atoms with Crippen molar-refractivity contribution in [2.45, 2.75) is 12.1 Å². The van der Waals surface area contributed by atoms with Crippen LogP contribution in [-0.4, -0.2) is 46.3 Å². The molecule has 0 saturated carbocycles. The number of rotatable bonds is 2. The third-order valence-corrected chi connectivity index (χ3v) is 5.49. The first kappa shape index (κ1) is 17.9. The van der Waals surface area contributed by atoms with Gasteiger partial charge in [0, 0.05) is 29.9 Å². The highest BCUT2D eigenvalue weighted by atomic mass is 35.5. The number of nitrogens with one attached hydrogen (secondary N) is 1. The first-order chi connectivity index (χ1) is 14.1. The van der Waals surface area contributed by atoms with Crippen molar-refractivity contribution in [1.29, 1.82) is 0 Å². The van der Waals surface area contributed by atoms with E-state index in [4.69, 9.17) is 16.6 Å². The van der Waals surface area contributed by atoms with E-state index in [-0.39, 0.29) is 12.1 Å². The smallest absolute Gasteiger partial charge is 0.329 e. The SMILES string of the molecule is O=C(Nc1ccccn1)N1c2nc(-c3cccc(Cl)c3)ccc2N2C[C@@H](O)[C@H]1C2. The Balaban J connectivity index is 1.57. The molecule has 5 rings (SSSR count). The summed E-state index contributed by atoms with van der Waals surface area (Å²) < 4.78 is 0. The lowest BCUT2D eigenvalue weighted by atomic mass is 10.1. The Morgan fingerprint density at radius 3 is 2.83 bits per heavy atom. The zero-order valence-corrected chi connectivity index (χ0v) is 16.1. The third kappa shape index (κ3) is 3.18. The Morgan fingerprint density at radius 2 is 2.03 bits per heavy atom. The molecule has 1 aromatic carbocycles. The number of anilines is 3. The van der Waals surface area contributed by atoms with Crippen molar-refractivity contribution in [3.05, 3.63) is 65.8 Å². The molecule has 4 heterocycles. The average molecular weight is 408 g/mol. The molecule has 2 aromatic heterocycles. The highest BCUT2D eigenvalue weighted by molar-refractivity contribution is 6.30. The van der Waals surface area contributed by atoms with Gasteiger partial charge in [-0.3, -0.25) is 10.2 Å². The fourth-order valence-corrected chi connectivity index (χ4v) is 4.09. The van der Waals surface area contributed by atoms with Gasteiger partial charge in [-0.2, -0.15) is 0 Å². The van der Waals surface area contributed by atoms with Crippen molar-refractivity contribution in [3.8, 4) is 11.3 Å². The minimum atomic E-state index is -0.659. The van der Waals surface area contributed by atoms with E-state index in [0.29, 0.717) is 35.4 Å². The Morgan fingerprint density at radius 1 is 1.14 bits per heavy atom. The average Bonchev–Trinajstić information content (AvgIpc) is 3.05. The van der Waals surface area contributed by atoms with Gasteiger partial charge >= 0.3 is 6.03 Å². The van der Waals surface area contributed by atoms with E-state index >= 15 is 0 Å². The van der Waals surface area contributed by atoms with Crippen LogP contribution >= 0.6 is 11.6 Å². The largest absolute Gasteiger partial charge is 0.389 e. The fourth-order valence-electron chi connectivity index (χ4n) is 3.90. The van der Waals surface area contributed by atoms with Crippen molar-refractivity contribution < 1.29 is 9.90 Å². The van der Waals surface area contributed by atoms with Crippen molar-refractivity contribution in [1.82, 2.24) is 9.97 Å². The Hall–Kier alpha value is -3.16. The molecule has 2 amide bonds. The number of carbonyl (C=O) groups excluding carboxylic acids is 1. The van der Waals surface area contributed by atoms with Crippen LogP contribution in [0.5, 0.6) is 0 Å². The molecule has 2 N–H and O–H groups in total. The van der Waals surface area contributed by atoms with Crippen molar-refractivity contribution in [2.75, 3.05) is 28.2 Å². The number of fused-ring (bicyclic) bond motifs is 4. The van der Waals surface area contributed by atoms with E-state index in [0.717, 1.165) is 11.3 Å². The van der Waals surface area contributed by atoms with Crippen molar-refractivity contribution in [3.63, 3.8) is 0 Å². The number of hydrogen-bond acceptors (Lipinski definition) is 5. The molecule has 0 aliphatic carbocycles. The molecule has 0 radical (unpaired) electrons. The number of halogens is 1. The molecular weight excluding hydrogens is 390 g/mol. The molecule has 2 atom stereocenters. The maximum Gasteiger partial charge on any atom is 0.329 e. The number of benzene rings is 1. The van der Waals surface area contributed by atoms with Crippen molar-refractivity contribution in [2.24, 2.45) is 0 Å². The minimum absolute atomic E-state index is 0.369. The van der Waals surface area contributed by atoms with Crippen molar-refractivity contribution >= 4 is 35.0 Å². The van der Waals surface area contributed by atoms with E-state index in [1.807, 2.05) is 30.3 Å². The lowest BCUT2D eigenvalue weighted by Crippen LogP contribution is -2.51. The minimum Gasteiger partial charge on any atom is -0.389 e. The summed E-state index contributed by atoms with van der Waals surface area (Å²) in [6.45, 7) is 1.02. The van der Waals surface area contributed by atoms with Crippen LogP contribution in [-0.2, 0) is 0 Å². The van der Waals surface area contributed by atoms with Gasteiger partial charge in [0.25, 0.3) is 0 Å². The Bertz CT molecular complexity index is 1080. The number of carbonyl (C=O) groups is 1. The first-order valence-electron chi connectivity index (χ1n) is 9.31. The summed E-state index contributed by atoms with van der Waals surface area (Å²) in [5.74, 6) is 0.962. The summed E-state index contributed by atoms with van der Waals surface area (Å²) in [5.41, 5.74) is 2.39. The van der Waals surface area contributed by atoms with E-state index in [2.05, 4.69) is 15.2 Å². The molecular formula is C21H18ClN5O2. The van der Waals surface area contributed by atoms with Gasteiger partial charge in [0.1, 0.15) is 5.82 Å². The molecule has 2 aliphatic heterocycles. The van der Waals surface area contributed by atoms with E-state index in [1.165, 1.54) is 0 Å². The monoisotopic (exact) mass is 407 g/mol. The second-order valence-corrected chi connectivity index (χ2v) is 7.54. The number of aromatic nitrogens is 2. The van der Waals surface area contributed by atoms with Gasteiger partial charge in [0.05, 0.1) is 23.5 Å². The second kappa shape index (κ2) is 7.02. The molecule has 0 unspecified atom stereocenters. The van der Waals surface area contributed by atoms with Gasteiger partial charge in [-0.05, 0) is 36.4 Å². The van der Waals surface area contributed by atoms with E-state index in [1.54, 1.807) is 35.4 Å². The lowest BCUT2D eigenvalue weighted by molar-refractivity contribution is 0.176. The molecule has 2 bridgehead atoms. The molecule has 146 valence electrons. The van der Waals surface area contributed by atoms with Crippen LogP contribution < -0.4 is 15.1 Å². The summed E-state index contributed by atoms with van der Waals surface area (Å²) in [7, 11) is 0. The summed E-state index contributed by atoms with van der Waals surface area (Å²) in [6.07, 6.45) is 0.954. The first-order valence-corrected chi connectivity index (χ1v) is 9.69. The second-order valence-electron chi connectivity index (χ2n) is 7.10. The van der Waals surface area contributed by atoms with Gasteiger partial charge in [-0.25, -0.2) is 14.8 Å². The van der Waals surface area contributed by atoms with Crippen LogP contribution in [0.2, 0.25) is 5.02 Å². The predicted octanol–water partition coefficient (Wildman–Crippen LogP) is 3.40. The topological polar surface area (TPSA) is 81.6 Å². The molecule has 1 saturated heterocycles. The van der Waals surface area contributed by atoms with Crippen LogP contribution in [0.15, 0.2) is 60.8 Å². The van der Waals surface area contributed by atoms with Gasteiger partial charge < -0.3 is 10.0 Å². The fraction of sp³-hybridized carbons (Fsp3) is 0.190. The summed E-state index contributed by atoms with van der Waals surface area (Å²) in [6, 6.07) is 15.8. The van der Waals surface area contributed by atoms with Crippen LogP contribution in [0.3, 0.4) is 0 Å². The lowest BCUT2D eigenvalue weighted by Gasteiger charge is -2.36. The van der Waals surface area contributed by atoms with E-state index < -0.39 is 6.10 Å². The van der Waals surface area contributed by atoms with E-state index in [9.17, 15) is 9.90 Å². The predicted molar refractivity (Wildman–Crippen MR) is 112 cm³/mol. The normalized spacial score (nSPS) is 19.8. The Kier molecular flexibility index (Phi) is 4.34. The maximum atomic E-state index is 13.1. The van der Waals surface area contributed by atoms with Crippen LogP contribution in [0, 0.1) is 0 Å². The summed E-state index contributed by atoms with van der Waals surface area (Å²) >= 11 is 6.13. The van der Waals surface area contributed by atoms with Gasteiger partial charge in [-0.15, -0.1) is 0 Å². The van der Waals surface area contributed by atoms with Crippen LogP contribution in [0.4, 0.5) is 22.1 Å². The number of urea groups is 1. The van der Waals surface area contributed by atoms with Crippen LogP contribution in [0.25, 0.3) is 11.3 Å². The number of pyridine rings is 2. The molecule has 1 fully saturated rings. The summed E-state index contributed by atoms with van der Waals surface area (Å²) in [4.78, 5) is 25.7. The third-order valence-electron chi connectivity index (χ3n) is 5.25. The molecule has 0 spiro atoms. The number of aliphatic hydroxyl groups is 1. The zero-order chi connectivity index (χ0) is 20.0. The molecule has 7 nitrogen and oxygen atoms in total. The van der Waals surface area contributed by atoms with Gasteiger partial charge in [0.15, 0.2) is 5.82 Å². The molecule has 3 aromatic rings. The quantitative estimate of drug-likeness (QED) is 0.680. The molecule has 8 heteroatoms. The highest BCUT2D eigenvalue weighted by Crippen LogP contribution is 2.40. The number of amides is 2. The zero-order valence-electron chi connectivity index (χ0n) is 15.4. The molecule has 29 heavy (non-hydrogen) atoms. The number of nitrogens with zero attached hydrogens (tertiary/aromatic N) is 4. The van der Waals surface area contributed by atoms with Crippen LogP contribution in [0.1, 0.15) is 0 Å². The maximum absolute atomic E-state index is 13.1. The highest BCUT2D eigenvalue weighted by Gasteiger charge is 2.45. The summed E-state index contributed by atoms with van der Waals surface area (Å²) in [5, 5.41) is 14.0. The number of hydrogen-bond donors (Lipinski definition) is 2. The number of aliphatic hydroxyl groups excluding tert-OH is 1. The Labute approximate surface area is 172 Å². The standard InChI is InChI=1S/C21H18ClN5O2/c22-14-5-3-4-13(10-14)15-7-8-16-20(24-15)27(17-11-26(16)12-18(17)28)21(29)25-19-6-1-2-9-23-19/h1-10,17-18,28H,11-12H2,(H,23,25,29)/t17-,18-/m1/s1.